The molecule has 0 bridgehead atoms. The number of hydrogen-bond acceptors (Lipinski definition) is 4. The van der Waals surface area contributed by atoms with E-state index in [1.165, 1.54) is 11.3 Å². The van der Waals surface area contributed by atoms with Crippen molar-refractivity contribution in [2.45, 2.75) is 0 Å². The summed E-state index contributed by atoms with van der Waals surface area (Å²) in [6, 6.07) is 0. The summed E-state index contributed by atoms with van der Waals surface area (Å²) < 4.78 is 0. The highest BCUT2D eigenvalue weighted by Crippen LogP contribution is 1.99. The summed E-state index contributed by atoms with van der Waals surface area (Å²) in [5.41, 5.74) is 4.97. The van der Waals surface area contributed by atoms with Gasteiger partial charge in [-0.1, -0.05) is 0 Å². The van der Waals surface area contributed by atoms with Crippen molar-refractivity contribution in [3.05, 3.63) is 16.6 Å². The maximum Gasteiger partial charge on any atom is 0.162 e. The Morgan fingerprint density at radius 2 is 2.70 bits per heavy atom. The zero-order valence-corrected chi connectivity index (χ0v) is 6.35. The predicted octanol–water partition coefficient (Wildman–Crippen LogP) is -0.0172. The van der Waals surface area contributed by atoms with Gasteiger partial charge in [-0.3, -0.25) is 4.99 Å². The van der Waals surface area contributed by atoms with Crippen molar-refractivity contribution in [2.75, 3.05) is 7.05 Å². The highest BCUT2D eigenvalue weighted by Gasteiger charge is 1.99. The number of hydrogen-bond donors (Lipinski definition) is 2. The van der Waals surface area contributed by atoms with Crippen LogP contribution in [0.1, 0.15) is 5.69 Å². The topological polar surface area (TPSA) is 63.3 Å². The predicted molar refractivity (Wildman–Crippen MR) is 41.9 cm³/mol. The fourth-order valence-corrected chi connectivity index (χ4v) is 1.12. The molecular formula is C5H8N4S. The van der Waals surface area contributed by atoms with Gasteiger partial charge in [0.25, 0.3) is 0 Å². The minimum absolute atomic E-state index is 0.612. The molecule has 5 heteroatoms. The molecule has 1 aromatic rings. The zero-order valence-electron chi connectivity index (χ0n) is 5.53. The number of amidine groups is 1. The first-order chi connectivity index (χ1) is 4.88. The quantitative estimate of drug-likeness (QED) is 0.260. The highest BCUT2D eigenvalue weighted by molar-refractivity contribution is 7.07. The maximum absolute atomic E-state index is 5.16. The van der Waals surface area contributed by atoms with Crippen LogP contribution in [0.3, 0.4) is 0 Å². The molecule has 10 heavy (non-hydrogen) atoms. The van der Waals surface area contributed by atoms with Gasteiger partial charge in [-0.05, 0) is 0 Å². The summed E-state index contributed by atoms with van der Waals surface area (Å²) in [7, 11) is 1.66. The van der Waals surface area contributed by atoms with E-state index >= 15 is 0 Å². The maximum atomic E-state index is 5.16. The molecule has 0 radical (unpaired) electrons. The number of nitrogens with one attached hydrogen (secondary N) is 1. The number of hydrazine groups is 1. The van der Waals surface area contributed by atoms with Gasteiger partial charge >= 0.3 is 0 Å². The number of aliphatic imine (C=N–C) groups is 1. The van der Waals surface area contributed by atoms with Crippen LogP contribution in [0.4, 0.5) is 0 Å². The van der Waals surface area contributed by atoms with Gasteiger partial charge in [0.05, 0.1) is 5.51 Å². The van der Waals surface area contributed by atoms with Gasteiger partial charge < -0.3 is 5.43 Å². The van der Waals surface area contributed by atoms with Crippen molar-refractivity contribution in [1.82, 2.24) is 10.4 Å². The largest absolute Gasteiger partial charge is 0.307 e. The smallest absolute Gasteiger partial charge is 0.162 e. The number of thiazole rings is 1. The Hall–Kier alpha value is -0.940. The van der Waals surface area contributed by atoms with E-state index in [0.717, 1.165) is 5.69 Å². The van der Waals surface area contributed by atoms with E-state index in [2.05, 4.69) is 15.4 Å². The number of nitrogens with two attached hydrogens (primary N) is 1. The van der Waals surface area contributed by atoms with E-state index in [1.807, 2.05) is 5.38 Å². The van der Waals surface area contributed by atoms with Gasteiger partial charge in [-0.15, -0.1) is 11.3 Å². The Bertz CT molecular complexity index is 216. The molecular weight excluding hydrogens is 148 g/mol. The molecule has 0 saturated heterocycles. The Morgan fingerprint density at radius 3 is 3.10 bits per heavy atom. The van der Waals surface area contributed by atoms with Crippen molar-refractivity contribution in [3.8, 4) is 0 Å². The van der Waals surface area contributed by atoms with Crippen molar-refractivity contribution in [1.29, 1.82) is 0 Å². The molecule has 54 valence electrons. The Labute approximate surface area is 62.8 Å². The van der Waals surface area contributed by atoms with Crippen LogP contribution in [-0.2, 0) is 0 Å². The molecule has 1 heterocycles. The van der Waals surface area contributed by atoms with Crippen LogP contribution in [-0.4, -0.2) is 17.9 Å². The van der Waals surface area contributed by atoms with E-state index in [1.54, 1.807) is 12.6 Å². The molecule has 1 rings (SSSR count). The van der Waals surface area contributed by atoms with E-state index < -0.39 is 0 Å². The molecule has 0 saturated carbocycles. The SMILES string of the molecule is CN=C(NN)c1cscn1. The van der Waals surface area contributed by atoms with Crippen LogP contribution in [0.2, 0.25) is 0 Å². The molecule has 0 aliphatic carbocycles. The summed E-state index contributed by atoms with van der Waals surface area (Å²) in [6.07, 6.45) is 0. The van der Waals surface area contributed by atoms with Crippen LogP contribution in [0, 0.1) is 0 Å². The minimum atomic E-state index is 0.612. The summed E-state index contributed by atoms with van der Waals surface area (Å²) in [5, 5.41) is 1.88. The van der Waals surface area contributed by atoms with Crippen LogP contribution < -0.4 is 11.3 Å². The molecule has 1 aromatic heterocycles. The number of nitrogens with zero attached hydrogens (tertiary/aromatic N) is 2. The molecule has 0 spiro atoms. The lowest BCUT2D eigenvalue weighted by Crippen LogP contribution is -2.31. The monoisotopic (exact) mass is 156 g/mol. The lowest BCUT2D eigenvalue weighted by molar-refractivity contribution is 1.01. The third-order valence-corrected chi connectivity index (χ3v) is 1.62. The van der Waals surface area contributed by atoms with Crippen molar-refractivity contribution in [3.63, 3.8) is 0 Å². The van der Waals surface area contributed by atoms with Crippen LogP contribution in [0.25, 0.3) is 0 Å². The lowest BCUT2D eigenvalue weighted by atomic mass is 10.4. The molecule has 4 nitrogen and oxygen atoms in total. The summed E-state index contributed by atoms with van der Waals surface area (Å²) in [4.78, 5) is 7.88. The van der Waals surface area contributed by atoms with E-state index in [4.69, 9.17) is 5.84 Å². The second-order valence-electron chi connectivity index (χ2n) is 1.59. The fraction of sp³-hybridized carbons (Fsp3) is 0.200. The molecule has 0 fully saturated rings. The van der Waals surface area contributed by atoms with Gasteiger partial charge in [0.1, 0.15) is 5.69 Å². The minimum Gasteiger partial charge on any atom is -0.307 e. The van der Waals surface area contributed by atoms with Gasteiger partial charge in [0, 0.05) is 12.4 Å². The standard InChI is InChI=1S/C5H8N4S/c1-7-5(9-6)4-2-10-3-8-4/h2-3H,6H2,1H3,(H,7,9). The van der Waals surface area contributed by atoms with Crippen LogP contribution in [0.15, 0.2) is 15.9 Å². The second-order valence-corrected chi connectivity index (χ2v) is 2.31. The molecule has 3 N–H and O–H groups in total. The lowest BCUT2D eigenvalue weighted by Gasteiger charge is -1.97. The van der Waals surface area contributed by atoms with E-state index in [-0.39, 0.29) is 0 Å². The molecule has 0 amide bonds. The molecule has 0 atom stereocenters. The zero-order chi connectivity index (χ0) is 7.40. The van der Waals surface area contributed by atoms with Crippen molar-refractivity contribution >= 4 is 17.2 Å². The van der Waals surface area contributed by atoms with Crippen LogP contribution in [0.5, 0.6) is 0 Å². The molecule has 0 unspecified atom stereocenters. The third kappa shape index (κ3) is 1.31. The average molecular weight is 156 g/mol. The van der Waals surface area contributed by atoms with Crippen molar-refractivity contribution in [2.24, 2.45) is 10.8 Å². The van der Waals surface area contributed by atoms with Crippen molar-refractivity contribution < 1.29 is 0 Å². The number of rotatable bonds is 1. The first-order valence-electron chi connectivity index (χ1n) is 2.70. The van der Waals surface area contributed by atoms with E-state index in [0.29, 0.717) is 5.84 Å². The normalized spacial score (nSPS) is 11.6. The summed E-state index contributed by atoms with van der Waals surface area (Å²) >= 11 is 1.51. The Kier molecular flexibility index (Phi) is 2.35. The van der Waals surface area contributed by atoms with Crippen LogP contribution >= 0.6 is 11.3 Å². The van der Waals surface area contributed by atoms with Gasteiger partial charge in [0.15, 0.2) is 5.84 Å². The first-order valence-corrected chi connectivity index (χ1v) is 3.64. The average Bonchev–Trinajstić information content (AvgIpc) is 2.43. The van der Waals surface area contributed by atoms with Gasteiger partial charge in [-0.2, -0.15) is 0 Å². The Morgan fingerprint density at radius 1 is 1.90 bits per heavy atom. The summed E-state index contributed by atoms with van der Waals surface area (Å²) in [5.74, 6) is 5.77. The first kappa shape index (κ1) is 7.17. The molecule has 0 aliphatic rings. The second kappa shape index (κ2) is 3.28. The molecule has 0 aromatic carbocycles. The van der Waals surface area contributed by atoms with Gasteiger partial charge in [0.2, 0.25) is 0 Å². The number of aromatic nitrogens is 1. The van der Waals surface area contributed by atoms with E-state index in [9.17, 15) is 0 Å². The third-order valence-electron chi connectivity index (χ3n) is 1.04. The molecule has 0 aliphatic heterocycles. The highest BCUT2D eigenvalue weighted by atomic mass is 32.1. The van der Waals surface area contributed by atoms with Gasteiger partial charge in [-0.25, -0.2) is 10.8 Å². The summed E-state index contributed by atoms with van der Waals surface area (Å²) in [6.45, 7) is 0. The Balaban J connectivity index is 2.85. The fourth-order valence-electron chi connectivity index (χ4n) is 0.583.